The number of ether oxygens (including phenoxy) is 1. The van der Waals surface area contributed by atoms with Gasteiger partial charge in [0.25, 0.3) is 5.91 Å². The number of esters is 1. The second kappa shape index (κ2) is 10.0. The fraction of sp³-hybridized carbons (Fsp3) is 0.433. The molecule has 0 bridgehead atoms. The smallest absolute Gasteiger partial charge is 0.338 e. The summed E-state index contributed by atoms with van der Waals surface area (Å²) < 4.78 is 5.04. The third-order valence-corrected chi connectivity index (χ3v) is 7.91. The average Bonchev–Trinajstić information content (AvgIpc) is 3.64. The second-order valence-electron chi connectivity index (χ2n) is 10.5. The Morgan fingerprint density at radius 2 is 2.00 bits per heavy atom. The van der Waals surface area contributed by atoms with E-state index >= 15 is 0 Å². The topological polar surface area (TPSA) is 88.5 Å². The first-order valence-electron chi connectivity index (χ1n) is 13.0. The van der Waals surface area contributed by atoms with Crippen LogP contribution in [0.25, 0.3) is 10.9 Å². The monoisotopic (exact) mass is 486 g/mol. The van der Waals surface area contributed by atoms with E-state index in [2.05, 4.69) is 18.3 Å². The van der Waals surface area contributed by atoms with Gasteiger partial charge in [-0.3, -0.25) is 9.78 Å². The summed E-state index contributed by atoms with van der Waals surface area (Å²) in [5, 5.41) is 14.1. The Hall–Kier alpha value is -3.25. The summed E-state index contributed by atoms with van der Waals surface area (Å²) in [5.74, 6) is 0.0483. The van der Waals surface area contributed by atoms with Gasteiger partial charge < -0.3 is 15.2 Å². The van der Waals surface area contributed by atoms with Crippen molar-refractivity contribution in [1.29, 1.82) is 0 Å². The molecule has 3 aromatic rings. The maximum absolute atomic E-state index is 12.9. The molecule has 36 heavy (non-hydrogen) atoms. The summed E-state index contributed by atoms with van der Waals surface area (Å²) in [7, 11) is 0. The lowest BCUT2D eigenvalue weighted by molar-refractivity contribution is 0.0526. The highest BCUT2D eigenvalue weighted by Gasteiger charge is 2.45. The zero-order valence-corrected chi connectivity index (χ0v) is 21.0. The fourth-order valence-corrected chi connectivity index (χ4v) is 5.35. The number of pyridine rings is 1. The van der Waals surface area contributed by atoms with E-state index in [9.17, 15) is 14.7 Å². The van der Waals surface area contributed by atoms with Crippen LogP contribution in [0.15, 0.2) is 48.5 Å². The maximum Gasteiger partial charge on any atom is 0.338 e. The number of carbonyl (C=O) groups excluding carboxylic acids is 2. The third kappa shape index (κ3) is 5.29. The molecule has 0 spiro atoms. The number of rotatable bonds is 8. The minimum Gasteiger partial charge on any atom is -0.462 e. The molecule has 2 atom stereocenters. The van der Waals surface area contributed by atoms with Gasteiger partial charge in [-0.2, -0.15) is 0 Å². The lowest BCUT2D eigenvalue weighted by atomic mass is 9.77. The molecule has 2 aliphatic rings. The predicted octanol–water partition coefficient (Wildman–Crippen LogP) is 5.00. The summed E-state index contributed by atoms with van der Waals surface area (Å²) in [6.07, 6.45) is 5.83. The average molecular weight is 487 g/mol. The van der Waals surface area contributed by atoms with E-state index in [4.69, 9.17) is 9.72 Å². The standard InChI is InChI=1S/C30H34N2O4/c1-3-36-29(35)21-6-4-5-19(15-21)7-12-27(33)32-28(34)20-8-10-25-22(16-20)17-23-18-24(30(2)13-14-30)9-11-26(23)31-25/h4-6,8,10,15-17,24,27,33H,3,7,9,11-14,18H2,1-2H3,(H,32,34)/t24-,27+/m0/s1. The molecule has 0 saturated heterocycles. The number of carbonyl (C=O) groups is 2. The van der Waals surface area contributed by atoms with Crippen LogP contribution >= 0.6 is 0 Å². The maximum atomic E-state index is 12.9. The van der Waals surface area contributed by atoms with Gasteiger partial charge in [0.15, 0.2) is 0 Å². The zero-order valence-electron chi connectivity index (χ0n) is 21.0. The highest BCUT2D eigenvalue weighted by molar-refractivity contribution is 5.98. The first-order chi connectivity index (χ1) is 17.3. The van der Waals surface area contributed by atoms with E-state index in [1.807, 2.05) is 18.2 Å². The van der Waals surface area contributed by atoms with Gasteiger partial charge >= 0.3 is 5.97 Å². The molecule has 188 valence electrons. The first kappa shape index (κ1) is 24.4. The summed E-state index contributed by atoms with van der Waals surface area (Å²) in [5.41, 5.74) is 5.81. The van der Waals surface area contributed by atoms with Crippen LogP contribution in [0.2, 0.25) is 0 Å². The van der Waals surface area contributed by atoms with E-state index in [1.54, 1.807) is 31.2 Å². The molecule has 0 aliphatic heterocycles. The molecule has 0 radical (unpaired) electrons. The molecule has 1 fully saturated rings. The Balaban J connectivity index is 1.22. The lowest BCUT2D eigenvalue weighted by Crippen LogP contribution is -2.35. The number of aliphatic hydroxyl groups excluding tert-OH is 1. The van der Waals surface area contributed by atoms with Gasteiger partial charge in [-0.1, -0.05) is 19.1 Å². The zero-order chi connectivity index (χ0) is 25.3. The molecule has 6 heteroatoms. The van der Waals surface area contributed by atoms with Crippen molar-refractivity contribution >= 4 is 22.8 Å². The van der Waals surface area contributed by atoms with E-state index in [1.165, 1.54) is 30.5 Å². The van der Waals surface area contributed by atoms with Crippen molar-refractivity contribution < 1.29 is 19.4 Å². The summed E-state index contributed by atoms with van der Waals surface area (Å²) in [6.45, 7) is 4.49. The largest absolute Gasteiger partial charge is 0.462 e. The van der Waals surface area contributed by atoms with Gasteiger partial charge in [-0.25, -0.2) is 4.79 Å². The number of hydrogen-bond donors (Lipinski definition) is 2. The van der Waals surface area contributed by atoms with Crippen molar-refractivity contribution in [1.82, 2.24) is 10.3 Å². The van der Waals surface area contributed by atoms with Crippen LogP contribution in [0, 0.1) is 11.3 Å². The highest BCUT2D eigenvalue weighted by Crippen LogP contribution is 2.55. The van der Waals surface area contributed by atoms with Gasteiger partial charge in [0, 0.05) is 16.6 Å². The summed E-state index contributed by atoms with van der Waals surface area (Å²) >= 11 is 0. The van der Waals surface area contributed by atoms with E-state index < -0.39 is 6.23 Å². The van der Waals surface area contributed by atoms with Crippen molar-refractivity contribution in [3.05, 3.63) is 76.5 Å². The van der Waals surface area contributed by atoms with Crippen molar-refractivity contribution in [2.24, 2.45) is 11.3 Å². The SMILES string of the molecule is CCOC(=O)c1cccc(CC[C@@H](O)NC(=O)c2ccc3nc4c(cc3c2)C[C@@H](C2(C)CC2)CC4)c1. The van der Waals surface area contributed by atoms with Crippen LogP contribution in [0.5, 0.6) is 0 Å². The van der Waals surface area contributed by atoms with E-state index in [-0.39, 0.29) is 11.9 Å². The number of hydrogen-bond acceptors (Lipinski definition) is 5. The Morgan fingerprint density at radius 1 is 1.17 bits per heavy atom. The van der Waals surface area contributed by atoms with Gasteiger partial charge in [0.2, 0.25) is 0 Å². The Labute approximate surface area is 212 Å². The van der Waals surface area contributed by atoms with Crippen molar-refractivity contribution in [2.75, 3.05) is 6.61 Å². The highest BCUT2D eigenvalue weighted by atomic mass is 16.5. The number of aromatic nitrogens is 1. The van der Waals surface area contributed by atoms with Crippen molar-refractivity contribution in [3.8, 4) is 0 Å². The molecule has 1 saturated carbocycles. The molecule has 1 aromatic heterocycles. The number of fused-ring (bicyclic) bond motifs is 2. The predicted molar refractivity (Wildman–Crippen MR) is 139 cm³/mol. The molecule has 2 aromatic carbocycles. The quantitative estimate of drug-likeness (QED) is 0.346. The molecule has 6 nitrogen and oxygen atoms in total. The molecule has 0 unspecified atom stereocenters. The van der Waals surface area contributed by atoms with E-state index in [0.29, 0.717) is 36.0 Å². The van der Waals surface area contributed by atoms with Crippen molar-refractivity contribution in [2.45, 2.75) is 65.0 Å². The van der Waals surface area contributed by atoms with Crippen LogP contribution in [0.3, 0.4) is 0 Å². The molecule has 5 rings (SSSR count). The Bertz CT molecular complexity index is 1300. The number of benzene rings is 2. The summed E-state index contributed by atoms with van der Waals surface area (Å²) in [4.78, 5) is 29.7. The van der Waals surface area contributed by atoms with Crippen LogP contribution in [-0.4, -0.2) is 34.8 Å². The van der Waals surface area contributed by atoms with Crippen LogP contribution in [0.4, 0.5) is 0 Å². The second-order valence-corrected chi connectivity index (χ2v) is 10.5. The third-order valence-electron chi connectivity index (χ3n) is 7.91. The van der Waals surface area contributed by atoms with Crippen LogP contribution < -0.4 is 5.32 Å². The number of aryl methyl sites for hydroxylation is 2. The molecular formula is C30H34N2O4. The molecule has 1 amide bonds. The number of aliphatic hydroxyl groups is 1. The first-order valence-corrected chi connectivity index (χ1v) is 13.0. The van der Waals surface area contributed by atoms with Gasteiger partial charge in [-0.05, 0) is 111 Å². The lowest BCUT2D eigenvalue weighted by Gasteiger charge is -2.29. The Kier molecular flexibility index (Phi) is 6.80. The molecular weight excluding hydrogens is 452 g/mol. The van der Waals surface area contributed by atoms with Crippen LogP contribution in [0.1, 0.15) is 77.1 Å². The molecule has 2 N–H and O–H groups in total. The number of nitrogens with zero attached hydrogens (tertiary/aromatic N) is 1. The minimum absolute atomic E-state index is 0.314. The van der Waals surface area contributed by atoms with Crippen molar-refractivity contribution in [3.63, 3.8) is 0 Å². The fourth-order valence-electron chi connectivity index (χ4n) is 5.35. The number of nitrogens with one attached hydrogen (secondary N) is 1. The Morgan fingerprint density at radius 3 is 2.78 bits per heavy atom. The summed E-state index contributed by atoms with van der Waals surface area (Å²) in [6, 6.07) is 14.9. The number of amides is 1. The normalized spacial score (nSPS) is 18.8. The van der Waals surface area contributed by atoms with Gasteiger partial charge in [0.05, 0.1) is 17.7 Å². The van der Waals surface area contributed by atoms with Gasteiger partial charge in [-0.15, -0.1) is 0 Å². The van der Waals surface area contributed by atoms with Gasteiger partial charge in [0.1, 0.15) is 6.23 Å². The van der Waals surface area contributed by atoms with Crippen LogP contribution in [-0.2, 0) is 24.0 Å². The van der Waals surface area contributed by atoms with E-state index in [0.717, 1.165) is 35.2 Å². The molecule has 1 heterocycles. The minimum atomic E-state index is -0.999. The molecule has 2 aliphatic carbocycles.